The number of hydrogen-bond acceptors (Lipinski definition) is 3. The van der Waals surface area contributed by atoms with Crippen molar-refractivity contribution in [2.75, 3.05) is 23.8 Å². The van der Waals surface area contributed by atoms with Crippen LogP contribution < -0.4 is 10.2 Å². The molecular weight excluding hydrogens is 317 g/mol. The molecule has 6 heteroatoms. The summed E-state index contributed by atoms with van der Waals surface area (Å²) in [6.45, 7) is 3.08. The third-order valence-electron chi connectivity index (χ3n) is 3.45. The minimum Gasteiger partial charge on any atom is -0.373 e. The Hall–Kier alpha value is -2.14. The number of nitrogens with zero attached hydrogens (tertiary/aromatic N) is 2. The largest absolute Gasteiger partial charge is 0.373 e. The van der Waals surface area contributed by atoms with Crippen LogP contribution in [-0.4, -0.2) is 24.5 Å². The van der Waals surface area contributed by atoms with Gasteiger partial charge in [-0.25, -0.2) is 9.37 Å². The van der Waals surface area contributed by atoms with Gasteiger partial charge in [-0.1, -0.05) is 24.9 Å². The summed E-state index contributed by atoms with van der Waals surface area (Å²) in [5, 5.41) is 2.60. The number of aromatic nitrogens is 1. The number of pyridine rings is 1. The summed E-state index contributed by atoms with van der Waals surface area (Å²) in [6, 6.07) is 7.54. The van der Waals surface area contributed by atoms with Crippen molar-refractivity contribution < 1.29 is 9.18 Å². The summed E-state index contributed by atoms with van der Waals surface area (Å²) in [5.74, 6) is -0.891. The summed E-state index contributed by atoms with van der Waals surface area (Å²) < 4.78 is 13.1. The molecule has 0 aliphatic heterocycles. The van der Waals surface area contributed by atoms with Crippen molar-refractivity contribution in [1.29, 1.82) is 0 Å². The number of carbonyl (C=O) groups is 1. The molecule has 1 aromatic heterocycles. The van der Waals surface area contributed by atoms with Crippen LogP contribution in [-0.2, 0) is 0 Å². The monoisotopic (exact) mass is 335 g/mol. The van der Waals surface area contributed by atoms with Crippen LogP contribution in [0.2, 0.25) is 5.02 Å². The van der Waals surface area contributed by atoms with Gasteiger partial charge >= 0.3 is 0 Å². The lowest BCUT2D eigenvalue weighted by Gasteiger charge is -2.18. The van der Waals surface area contributed by atoms with Crippen LogP contribution in [0.1, 0.15) is 30.3 Å². The Labute approximate surface area is 140 Å². The number of unbranched alkanes of at least 4 members (excludes halogenated alkanes) is 1. The van der Waals surface area contributed by atoms with Gasteiger partial charge in [0.2, 0.25) is 0 Å². The van der Waals surface area contributed by atoms with Crippen molar-refractivity contribution in [3.63, 3.8) is 0 Å². The Morgan fingerprint density at radius 1 is 1.35 bits per heavy atom. The van der Waals surface area contributed by atoms with Crippen LogP contribution in [0.3, 0.4) is 0 Å². The SMILES string of the molecule is CCCCN(C)c1ccc(C(=O)Nc2ccc(F)c(Cl)c2)nc1. The maximum absolute atomic E-state index is 13.1. The second-order valence-corrected chi connectivity index (χ2v) is 5.67. The lowest BCUT2D eigenvalue weighted by atomic mass is 10.2. The molecule has 0 spiro atoms. The lowest BCUT2D eigenvalue weighted by molar-refractivity contribution is 0.102. The smallest absolute Gasteiger partial charge is 0.274 e. The first-order valence-electron chi connectivity index (χ1n) is 7.45. The topological polar surface area (TPSA) is 45.2 Å². The minimum atomic E-state index is -0.526. The Kier molecular flexibility index (Phi) is 5.93. The molecule has 2 rings (SSSR count). The molecule has 1 N–H and O–H groups in total. The first kappa shape index (κ1) is 17.2. The van der Waals surface area contributed by atoms with E-state index < -0.39 is 5.82 Å². The fraction of sp³-hybridized carbons (Fsp3) is 0.294. The van der Waals surface area contributed by atoms with Gasteiger partial charge in [0.1, 0.15) is 11.5 Å². The van der Waals surface area contributed by atoms with E-state index in [0.717, 1.165) is 25.1 Å². The highest BCUT2D eigenvalue weighted by atomic mass is 35.5. The van der Waals surface area contributed by atoms with E-state index in [9.17, 15) is 9.18 Å². The molecule has 0 saturated carbocycles. The van der Waals surface area contributed by atoms with Gasteiger partial charge in [-0.3, -0.25) is 4.79 Å². The number of amides is 1. The molecule has 1 amide bonds. The van der Waals surface area contributed by atoms with Gasteiger partial charge in [0, 0.05) is 19.3 Å². The third kappa shape index (κ3) is 4.66. The molecule has 122 valence electrons. The van der Waals surface area contributed by atoms with Gasteiger partial charge in [0.25, 0.3) is 5.91 Å². The average molecular weight is 336 g/mol. The zero-order valence-corrected chi connectivity index (χ0v) is 13.9. The summed E-state index contributed by atoms with van der Waals surface area (Å²) in [4.78, 5) is 18.4. The number of nitrogens with one attached hydrogen (secondary N) is 1. The molecule has 0 aliphatic carbocycles. The van der Waals surface area contributed by atoms with E-state index in [-0.39, 0.29) is 16.6 Å². The predicted octanol–water partition coefficient (Wildman–Crippen LogP) is 4.36. The summed E-state index contributed by atoms with van der Waals surface area (Å²) in [7, 11) is 1.99. The quantitative estimate of drug-likeness (QED) is 0.853. The molecule has 1 aromatic carbocycles. The Balaban J connectivity index is 2.03. The summed E-state index contributed by atoms with van der Waals surface area (Å²) in [6.07, 6.45) is 3.89. The molecule has 0 bridgehead atoms. The van der Waals surface area contributed by atoms with E-state index in [4.69, 9.17) is 11.6 Å². The zero-order valence-electron chi connectivity index (χ0n) is 13.1. The standard InChI is InChI=1S/C17H19ClFN3O/c1-3-4-9-22(2)13-6-8-16(20-11-13)17(23)21-12-5-7-15(19)14(18)10-12/h5-8,10-11H,3-4,9H2,1-2H3,(H,21,23). The van der Waals surface area contributed by atoms with Gasteiger partial charge in [-0.15, -0.1) is 0 Å². The number of halogens is 2. The van der Waals surface area contributed by atoms with E-state index in [1.54, 1.807) is 12.3 Å². The fourth-order valence-electron chi connectivity index (χ4n) is 2.04. The number of hydrogen-bond donors (Lipinski definition) is 1. The second-order valence-electron chi connectivity index (χ2n) is 5.26. The highest BCUT2D eigenvalue weighted by Gasteiger charge is 2.10. The summed E-state index contributed by atoms with van der Waals surface area (Å²) in [5.41, 5.74) is 1.67. The van der Waals surface area contributed by atoms with Crippen LogP contribution in [0.4, 0.5) is 15.8 Å². The fourth-order valence-corrected chi connectivity index (χ4v) is 2.22. The van der Waals surface area contributed by atoms with Gasteiger partial charge in [0.05, 0.1) is 16.9 Å². The highest BCUT2D eigenvalue weighted by Crippen LogP contribution is 2.20. The molecule has 0 atom stereocenters. The molecule has 0 saturated heterocycles. The number of rotatable bonds is 6. The number of carbonyl (C=O) groups excluding carboxylic acids is 1. The Bertz CT molecular complexity index is 676. The van der Waals surface area contributed by atoms with Crippen LogP contribution >= 0.6 is 11.6 Å². The normalized spacial score (nSPS) is 10.4. The zero-order chi connectivity index (χ0) is 16.8. The molecule has 2 aromatic rings. The van der Waals surface area contributed by atoms with Crippen molar-refractivity contribution in [2.24, 2.45) is 0 Å². The number of anilines is 2. The van der Waals surface area contributed by atoms with Crippen LogP contribution in [0.25, 0.3) is 0 Å². The maximum atomic E-state index is 13.1. The molecule has 23 heavy (non-hydrogen) atoms. The predicted molar refractivity (Wildman–Crippen MR) is 91.8 cm³/mol. The second kappa shape index (κ2) is 7.92. The van der Waals surface area contributed by atoms with E-state index in [1.165, 1.54) is 18.2 Å². The maximum Gasteiger partial charge on any atom is 0.274 e. The van der Waals surface area contributed by atoms with Gasteiger partial charge < -0.3 is 10.2 Å². The van der Waals surface area contributed by atoms with Gasteiger partial charge in [-0.05, 0) is 36.8 Å². The van der Waals surface area contributed by atoms with Gasteiger partial charge in [-0.2, -0.15) is 0 Å². The lowest BCUT2D eigenvalue weighted by Crippen LogP contribution is -2.19. The van der Waals surface area contributed by atoms with Crippen molar-refractivity contribution >= 4 is 28.9 Å². The van der Waals surface area contributed by atoms with Crippen LogP contribution in [0.15, 0.2) is 36.5 Å². The van der Waals surface area contributed by atoms with Crippen molar-refractivity contribution in [1.82, 2.24) is 4.98 Å². The minimum absolute atomic E-state index is 0.0383. The van der Waals surface area contributed by atoms with Crippen LogP contribution in [0, 0.1) is 5.82 Å². The molecule has 0 radical (unpaired) electrons. The number of benzene rings is 1. The molecule has 4 nitrogen and oxygen atoms in total. The average Bonchev–Trinajstić information content (AvgIpc) is 2.56. The first-order valence-corrected chi connectivity index (χ1v) is 7.82. The van der Waals surface area contributed by atoms with Crippen LogP contribution in [0.5, 0.6) is 0 Å². The molecule has 0 aliphatic rings. The highest BCUT2D eigenvalue weighted by molar-refractivity contribution is 6.31. The van der Waals surface area contributed by atoms with Gasteiger partial charge in [0.15, 0.2) is 0 Å². The van der Waals surface area contributed by atoms with Crippen molar-refractivity contribution in [3.05, 3.63) is 53.1 Å². The van der Waals surface area contributed by atoms with Crippen molar-refractivity contribution in [3.8, 4) is 0 Å². The third-order valence-corrected chi connectivity index (χ3v) is 3.74. The Morgan fingerprint density at radius 3 is 2.74 bits per heavy atom. The summed E-state index contributed by atoms with van der Waals surface area (Å²) >= 11 is 5.69. The van der Waals surface area contributed by atoms with E-state index in [2.05, 4.69) is 22.1 Å². The van der Waals surface area contributed by atoms with E-state index in [1.807, 2.05) is 13.1 Å². The van der Waals surface area contributed by atoms with E-state index >= 15 is 0 Å². The van der Waals surface area contributed by atoms with Crippen molar-refractivity contribution in [2.45, 2.75) is 19.8 Å². The first-order chi connectivity index (χ1) is 11.0. The molecule has 1 heterocycles. The molecular formula is C17H19ClFN3O. The molecule has 0 unspecified atom stereocenters. The molecule has 0 fully saturated rings. The van der Waals surface area contributed by atoms with E-state index in [0.29, 0.717) is 5.69 Å². The Morgan fingerprint density at radius 2 is 2.13 bits per heavy atom.